The highest BCUT2D eigenvalue weighted by Crippen LogP contribution is 2.04. The molecule has 0 atom stereocenters. The van der Waals surface area contributed by atoms with E-state index < -0.39 is 0 Å². The number of halogens is 1. The number of fused-ring (bicyclic) bond motifs is 1. The minimum Gasteiger partial charge on any atom is -0.356 e. The van der Waals surface area contributed by atoms with E-state index in [0.29, 0.717) is 19.0 Å². The Morgan fingerprint density at radius 3 is 2.72 bits per heavy atom. The Morgan fingerprint density at radius 1 is 1.08 bits per heavy atom. The number of hydrogen-bond donors (Lipinski definition) is 2. The van der Waals surface area contributed by atoms with Gasteiger partial charge in [-0.15, -0.1) is 10.2 Å². The van der Waals surface area contributed by atoms with Gasteiger partial charge in [0.1, 0.15) is 11.6 Å². The standard InChI is InChI=1S/C18H21FN6/c1-20-18(21-10-8-14-5-4-6-15(19)13-14)22-11-9-17-24-23-16-7-2-3-12-25(16)17/h2-7,12-13H,8-11H2,1H3,(H2,20,21,22). The Labute approximate surface area is 145 Å². The highest BCUT2D eigenvalue weighted by molar-refractivity contribution is 5.79. The molecule has 1 aromatic carbocycles. The second-order valence-electron chi connectivity index (χ2n) is 5.60. The van der Waals surface area contributed by atoms with E-state index in [-0.39, 0.29) is 5.82 Å². The molecule has 0 spiro atoms. The Balaban J connectivity index is 1.45. The van der Waals surface area contributed by atoms with Gasteiger partial charge in [-0.05, 0) is 36.2 Å². The van der Waals surface area contributed by atoms with Gasteiger partial charge in [-0.3, -0.25) is 9.39 Å². The highest BCUT2D eigenvalue weighted by atomic mass is 19.1. The number of hydrogen-bond acceptors (Lipinski definition) is 3. The highest BCUT2D eigenvalue weighted by Gasteiger charge is 2.05. The van der Waals surface area contributed by atoms with Crippen LogP contribution >= 0.6 is 0 Å². The summed E-state index contributed by atoms with van der Waals surface area (Å²) in [7, 11) is 1.73. The van der Waals surface area contributed by atoms with Crippen molar-refractivity contribution in [2.75, 3.05) is 20.1 Å². The van der Waals surface area contributed by atoms with Crippen LogP contribution in [0, 0.1) is 5.82 Å². The maximum Gasteiger partial charge on any atom is 0.191 e. The van der Waals surface area contributed by atoms with E-state index in [1.807, 2.05) is 34.9 Å². The first-order chi connectivity index (χ1) is 12.3. The van der Waals surface area contributed by atoms with Gasteiger partial charge in [0.15, 0.2) is 11.6 Å². The quantitative estimate of drug-likeness (QED) is 0.531. The Kier molecular flexibility index (Phi) is 5.56. The van der Waals surface area contributed by atoms with Crippen molar-refractivity contribution < 1.29 is 4.39 Å². The number of aliphatic imine (C=N–C) groups is 1. The van der Waals surface area contributed by atoms with Crippen molar-refractivity contribution >= 4 is 11.6 Å². The molecule has 0 aliphatic heterocycles. The molecular weight excluding hydrogens is 319 g/mol. The third-order valence-electron chi connectivity index (χ3n) is 3.84. The number of guanidine groups is 1. The first kappa shape index (κ1) is 16.9. The van der Waals surface area contributed by atoms with Crippen LogP contribution < -0.4 is 10.6 Å². The number of aromatic nitrogens is 3. The van der Waals surface area contributed by atoms with E-state index >= 15 is 0 Å². The average molecular weight is 340 g/mol. The molecule has 0 bridgehead atoms. The third kappa shape index (κ3) is 4.53. The van der Waals surface area contributed by atoms with Gasteiger partial charge in [0.25, 0.3) is 0 Å². The molecule has 2 aromatic heterocycles. The smallest absolute Gasteiger partial charge is 0.191 e. The first-order valence-electron chi connectivity index (χ1n) is 8.24. The fourth-order valence-electron chi connectivity index (χ4n) is 2.59. The fourth-order valence-corrected chi connectivity index (χ4v) is 2.59. The molecule has 0 fully saturated rings. The van der Waals surface area contributed by atoms with E-state index in [1.54, 1.807) is 19.2 Å². The summed E-state index contributed by atoms with van der Waals surface area (Å²) in [6.45, 7) is 1.37. The number of pyridine rings is 1. The van der Waals surface area contributed by atoms with Gasteiger partial charge < -0.3 is 10.6 Å². The summed E-state index contributed by atoms with van der Waals surface area (Å²) >= 11 is 0. The van der Waals surface area contributed by atoms with Crippen molar-refractivity contribution in [2.24, 2.45) is 4.99 Å². The van der Waals surface area contributed by atoms with E-state index in [9.17, 15) is 4.39 Å². The van der Waals surface area contributed by atoms with Gasteiger partial charge in [0.05, 0.1) is 0 Å². The lowest BCUT2D eigenvalue weighted by molar-refractivity contribution is 0.625. The van der Waals surface area contributed by atoms with Crippen LogP contribution in [0.2, 0.25) is 0 Å². The molecule has 2 N–H and O–H groups in total. The van der Waals surface area contributed by atoms with Crippen molar-refractivity contribution in [1.82, 2.24) is 25.2 Å². The van der Waals surface area contributed by atoms with Gasteiger partial charge in [-0.25, -0.2) is 4.39 Å². The molecule has 0 saturated carbocycles. The molecule has 0 unspecified atom stereocenters. The zero-order chi connectivity index (χ0) is 17.5. The second-order valence-corrected chi connectivity index (χ2v) is 5.60. The Bertz CT molecular complexity index is 857. The topological polar surface area (TPSA) is 66.6 Å². The van der Waals surface area contributed by atoms with E-state index in [1.165, 1.54) is 6.07 Å². The fraction of sp³-hybridized carbons (Fsp3) is 0.278. The molecular formula is C18H21FN6. The Morgan fingerprint density at radius 2 is 1.92 bits per heavy atom. The predicted octanol–water partition coefficient (Wildman–Crippen LogP) is 1.82. The van der Waals surface area contributed by atoms with Crippen LogP contribution in [0.25, 0.3) is 5.65 Å². The maximum absolute atomic E-state index is 13.2. The zero-order valence-corrected chi connectivity index (χ0v) is 14.1. The van der Waals surface area contributed by atoms with Crippen LogP contribution in [0.1, 0.15) is 11.4 Å². The predicted molar refractivity (Wildman–Crippen MR) is 96.2 cm³/mol. The first-order valence-corrected chi connectivity index (χ1v) is 8.24. The summed E-state index contributed by atoms with van der Waals surface area (Å²) in [5.74, 6) is 1.41. The minimum atomic E-state index is -0.208. The molecule has 0 amide bonds. The number of nitrogens with zero attached hydrogens (tertiary/aromatic N) is 4. The van der Waals surface area contributed by atoms with Gasteiger partial charge in [0, 0.05) is 32.8 Å². The van der Waals surface area contributed by atoms with E-state index in [2.05, 4.69) is 25.8 Å². The monoisotopic (exact) mass is 340 g/mol. The van der Waals surface area contributed by atoms with Crippen LogP contribution in [0.15, 0.2) is 53.7 Å². The SMILES string of the molecule is CN=C(NCCc1cccc(F)c1)NCCc1nnc2ccccn12. The molecule has 0 saturated heterocycles. The molecule has 0 radical (unpaired) electrons. The molecule has 0 aliphatic carbocycles. The largest absolute Gasteiger partial charge is 0.356 e. The van der Waals surface area contributed by atoms with Crippen LogP contribution in [0.4, 0.5) is 4.39 Å². The summed E-state index contributed by atoms with van der Waals surface area (Å²) in [5, 5.41) is 14.8. The lowest BCUT2D eigenvalue weighted by Gasteiger charge is -2.11. The average Bonchev–Trinajstić information content (AvgIpc) is 3.04. The van der Waals surface area contributed by atoms with Gasteiger partial charge in [-0.1, -0.05) is 18.2 Å². The van der Waals surface area contributed by atoms with E-state index in [0.717, 1.165) is 29.9 Å². The van der Waals surface area contributed by atoms with E-state index in [4.69, 9.17) is 0 Å². The maximum atomic E-state index is 13.2. The number of nitrogens with one attached hydrogen (secondary N) is 2. The molecule has 2 heterocycles. The summed E-state index contributed by atoms with van der Waals surface area (Å²) in [5.41, 5.74) is 1.80. The van der Waals surface area contributed by atoms with Crippen molar-refractivity contribution in [3.05, 3.63) is 65.9 Å². The summed E-state index contributed by atoms with van der Waals surface area (Å²) in [4.78, 5) is 4.20. The zero-order valence-electron chi connectivity index (χ0n) is 14.1. The second kappa shape index (κ2) is 8.23. The molecule has 130 valence electrons. The van der Waals surface area contributed by atoms with Gasteiger partial charge in [-0.2, -0.15) is 0 Å². The normalized spacial score (nSPS) is 11.7. The summed E-state index contributed by atoms with van der Waals surface area (Å²) in [6.07, 6.45) is 3.42. The van der Waals surface area contributed by atoms with Crippen LogP contribution in [0.3, 0.4) is 0 Å². The molecule has 7 heteroatoms. The molecule has 3 rings (SSSR count). The lowest BCUT2D eigenvalue weighted by Crippen LogP contribution is -2.39. The summed E-state index contributed by atoms with van der Waals surface area (Å²) < 4.78 is 15.1. The number of benzene rings is 1. The summed E-state index contributed by atoms with van der Waals surface area (Å²) in [6, 6.07) is 12.5. The number of rotatable bonds is 6. The van der Waals surface area contributed by atoms with Crippen molar-refractivity contribution in [2.45, 2.75) is 12.8 Å². The third-order valence-corrected chi connectivity index (χ3v) is 3.84. The molecule has 3 aromatic rings. The van der Waals surface area contributed by atoms with Crippen LogP contribution in [-0.2, 0) is 12.8 Å². The van der Waals surface area contributed by atoms with Gasteiger partial charge in [0.2, 0.25) is 0 Å². The van der Waals surface area contributed by atoms with Crippen molar-refractivity contribution in [3.8, 4) is 0 Å². The van der Waals surface area contributed by atoms with Crippen molar-refractivity contribution in [1.29, 1.82) is 0 Å². The molecule has 6 nitrogen and oxygen atoms in total. The van der Waals surface area contributed by atoms with Gasteiger partial charge >= 0.3 is 0 Å². The van der Waals surface area contributed by atoms with Crippen LogP contribution in [0.5, 0.6) is 0 Å². The molecule has 0 aliphatic rings. The Hall–Kier alpha value is -2.96. The lowest BCUT2D eigenvalue weighted by atomic mass is 10.1. The van der Waals surface area contributed by atoms with Crippen molar-refractivity contribution in [3.63, 3.8) is 0 Å². The van der Waals surface area contributed by atoms with Crippen LogP contribution in [-0.4, -0.2) is 40.7 Å². The minimum absolute atomic E-state index is 0.208. The molecule has 25 heavy (non-hydrogen) atoms.